The van der Waals surface area contributed by atoms with Crippen LogP contribution in [0, 0.1) is 17.8 Å². The van der Waals surface area contributed by atoms with Gasteiger partial charge in [-0.05, 0) is 81.1 Å². The van der Waals surface area contributed by atoms with E-state index in [1.807, 2.05) is 19.2 Å². The third kappa shape index (κ3) is 10.1. The Bertz CT molecular complexity index is 958. The molecule has 7 atom stereocenters. The maximum absolute atomic E-state index is 11.9. The highest BCUT2D eigenvalue weighted by Crippen LogP contribution is 2.37. The van der Waals surface area contributed by atoms with Crippen molar-refractivity contribution in [3.63, 3.8) is 0 Å². The zero-order valence-corrected chi connectivity index (χ0v) is 24.7. The lowest BCUT2D eigenvalue weighted by Crippen LogP contribution is -2.46. The van der Waals surface area contributed by atoms with Gasteiger partial charge in [-0.25, -0.2) is 0 Å². The molecule has 1 aromatic rings. The van der Waals surface area contributed by atoms with E-state index in [1.54, 1.807) is 13.1 Å². The number of nitrogens with two attached hydrogens (primary N) is 1. The minimum Gasteiger partial charge on any atom is -0.504 e. The molecule has 7 unspecified atom stereocenters. The van der Waals surface area contributed by atoms with Gasteiger partial charge in [-0.3, -0.25) is 9.79 Å². The van der Waals surface area contributed by atoms with E-state index in [1.165, 1.54) is 6.92 Å². The third-order valence-electron chi connectivity index (χ3n) is 8.54. The van der Waals surface area contributed by atoms with Crippen LogP contribution in [0.3, 0.4) is 0 Å². The Morgan fingerprint density at radius 3 is 2.77 bits per heavy atom. The number of guanidine groups is 1. The van der Waals surface area contributed by atoms with Gasteiger partial charge < -0.3 is 41.4 Å². The van der Waals surface area contributed by atoms with Crippen molar-refractivity contribution in [2.75, 3.05) is 33.7 Å². The van der Waals surface area contributed by atoms with Crippen LogP contribution in [0.2, 0.25) is 0 Å². The Morgan fingerprint density at radius 2 is 2.05 bits per heavy atom. The standard InChI is InChI=1S/C30H51N5O5/c1-19-5-8-22(14-23(19)17-35-30(31)33-4)28(38)16-25(39-20(2)36)9-6-21-7-10-27(37)29(13-21)40-26-11-12-34-24(15-26)18-32-3/h7,10,13,19,22-26,28,32,34,37-38H,5-6,8-9,11-12,14-18H2,1-4H3,(H3,31,33,35). The molecular weight excluding hydrogens is 510 g/mol. The van der Waals surface area contributed by atoms with Gasteiger partial charge in [0.15, 0.2) is 17.5 Å². The summed E-state index contributed by atoms with van der Waals surface area (Å²) in [4.78, 5) is 15.9. The highest BCUT2D eigenvalue weighted by atomic mass is 16.5. The second kappa shape index (κ2) is 16.0. The molecule has 1 aliphatic heterocycles. The predicted octanol–water partition coefficient (Wildman–Crippen LogP) is 2.31. The van der Waals surface area contributed by atoms with Crippen molar-refractivity contribution in [2.24, 2.45) is 28.5 Å². The first-order valence-electron chi connectivity index (χ1n) is 14.9. The average molecular weight is 562 g/mol. The summed E-state index contributed by atoms with van der Waals surface area (Å²) < 4.78 is 11.9. The van der Waals surface area contributed by atoms with Gasteiger partial charge in [0.1, 0.15) is 12.2 Å². The summed E-state index contributed by atoms with van der Waals surface area (Å²) in [7, 11) is 3.60. The van der Waals surface area contributed by atoms with Crippen LogP contribution < -0.4 is 26.4 Å². The number of aliphatic hydroxyl groups excluding tert-OH is 1. The largest absolute Gasteiger partial charge is 0.504 e. The van der Waals surface area contributed by atoms with E-state index >= 15 is 0 Å². The lowest BCUT2D eigenvalue weighted by atomic mass is 9.72. The quantitative estimate of drug-likeness (QED) is 0.121. The topological polar surface area (TPSA) is 150 Å². The first-order valence-corrected chi connectivity index (χ1v) is 14.9. The first kappa shape index (κ1) is 32.0. The van der Waals surface area contributed by atoms with Crippen LogP contribution in [0.5, 0.6) is 11.5 Å². The number of carbonyl (C=O) groups is 1. The van der Waals surface area contributed by atoms with E-state index in [9.17, 15) is 15.0 Å². The van der Waals surface area contributed by atoms with Gasteiger partial charge in [-0.1, -0.05) is 19.4 Å². The van der Waals surface area contributed by atoms with Gasteiger partial charge in [0.2, 0.25) is 0 Å². The number of aryl methyl sites for hydroxylation is 1. The van der Waals surface area contributed by atoms with Gasteiger partial charge in [0.05, 0.1) is 6.10 Å². The van der Waals surface area contributed by atoms with Gasteiger partial charge in [0.25, 0.3) is 0 Å². The van der Waals surface area contributed by atoms with Crippen molar-refractivity contribution in [1.29, 1.82) is 0 Å². The van der Waals surface area contributed by atoms with E-state index in [0.29, 0.717) is 48.8 Å². The SMILES string of the molecule is CN=C(N)NCC1CC(C(O)CC(CCc2ccc(O)c(OC3CCNC(CNC)C3)c2)OC(C)=O)CCC1C. The summed E-state index contributed by atoms with van der Waals surface area (Å²) in [5.41, 5.74) is 6.81. The number of hydrogen-bond acceptors (Lipinski definition) is 8. The summed E-state index contributed by atoms with van der Waals surface area (Å²) in [6.45, 7) is 6.14. The number of nitrogens with zero attached hydrogens (tertiary/aromatic N) is 1. The Kier molecular flexibility index (Phi) is 12.8. The van der Waals surface area contributed by atoms with Crippen LogP contribution in [0.15, 0.2) is 23.2 Å². The normalized spacial score (nSPS) is 27.0. The molecule has 2 aliphatic rings. The summed E-state index contributed by atoms with van der Waals surface area (Å²) in [6, 6.07) is 5.77. The molecule has 40 heavy (non-hydrogen) atoms. The van der Waals surface area contributed by atoms with Crippen LogP contribution in [0.4, 0.5) is 0 Å². The summed E-state index contributed by atoms with van der Waals surface area (Å²) in [5, 5.41) is 31.5. The lowest BCUT2D eigenvalue weighted by molar-refractivity contribution is -0.148. The van der Waals surface area contributed by atoms with Crippen molar-refractivity contribution in [3.05, 3.63) is 23.8 Å². The van der Waals surface area contributed by atoms with Crippen molar-refractivity contribution < 1.29 is 24.5 Å². The number of aromatic hydroxyl groups is 1. The molecule has 0 bridgehead atoms. The molecule has 1 heterocycles. The molecule has 1 aromatic carbocycles. The third-order valence-corrected chi connectivity index (χ3v) is 8.54. The zero-order chi connectivity index (χ0) is 29.1. The molecule has 3 rings (SSSR count). The fourth-order valence-corrected chi connectivity index (χ4v) is 6.11. The van der Waals surface area contributed by atoms with Crippen molar-refractivity contribution in [1.82, 2.24) is 16.0 Å². The molecule has 2 fully saturated rings. The second-order valence-electron chi connectivity index (χ2n) is 11.6. The zero-order valence-electron chi connectivity index (χ0n) is 24.7. The second-order valence-corrected chi connectivity index (χ2v) is 11.6. The number of phenolic OH excluding ortho intramolecular Hbond substituents is 1. The van der Waals surface area contributed by atoms with E-state index in [0.717, 1.165) is 57.3 Å². The number of likely N-dealkylation sites (N-methyl/N-ethyl adjacent to an activating group) is 1. The number of benzene rings is 1. The molecule has 10 heteroatoms. The number of aliphatic hydroxyl groups is 1. The molecular formula is C30H51N5O5. The van der Waals surface area contributed by atoms with Crippen molar-refractivity contribution in [3.8, 4) is 11.5 Å². The van der Waals surface area contributed by atoms with Gasteiger partial charge in [-0.15, -0.1) is 0 Å². The van der Waals surface area contributed by atoms with Crippen molar-refractivity contribution >= 4 is 11.9 Å². The fourth-order valence-electron chi connectivity index (χ4n) is 6.11. The maximum atomic E-state index is 11.9. The fraction of sp³-hybridized carbons (Fsp3) is 0.733. The highest BCUT2D eigenvalue weighted by molar-refractivity contribution is 5.77. The van der Waals surface area contributed by atoms with Crippen LogP contribution >= 0.6 is 0 Å². The molecule has 0 amide bonds. The van der Waals surface area contributed by atoms with E-state index < -0.39 is 12.2 Å². The minimum atomic E-state index is -0.555. The van der Waals surface area contributed by atoms with Crippen LogP contribution in [0.25, 0.3) is 0 Å². The predicted molar refractivity (Wildman–Crippen MR) is 158 cm³/mol. The summed E-state index contributed by atoms with van der Waals surface area (Å²) in [5.74, 6) is 1.78. The molecule has 226 valence electrons. The van der Waals surface area contributed by atoms with Crippen LogP contribution in [-0.2, 0) is 16.0 Å². The molecule has 0 radical (unpaired) electrons. The first-order chi connectivity index (χ1) is 19.2. The Hall–Kier alpha value is -2.56. The molecule has 0 aromatic heterocycles. The number of phenols is 1. The number of nitrogens with one attached hydrogen (secondary N) is 3. The monoisotopic (exact) mass is 561 g/mol. The molecule has 1 saturated carbocycles. The van der Waals surface area contributed by atoms with E-state index in [-0.39, 0.29) is 23.7 Å². The number of hydrogen-bond donors (Lipinski definition) is 6. The van der Waals surface area contributed by atoms with Crippen molar-refractivity contribution in [2.45, 2.75) is 89.6 Å². The number of ether oxygens (including phenoxy) is 2. The lowest BCUT2D eigenvalue weighted by Gasteiger charge is -2.37. The molecule has 1 saturated heterocycles. The average Bonchev–Trinajstić information content (AvgIpc) is 2.92. The number of piperidine rings is 1. The number of rotatable bonds is 13. The van der Waals surface area contributed by atoms with E-state index in [4.69, 9.17) is 15.2 Å². The molecule has 10 nitrogen and oxygen atoms in total. The Labute approximate surface area is 239 Å². The highest BCUT2D eigenvalue weighted by Gasteiger charge is 2.33. The van der Waals surface area contributed by atoms with Gasteiger partial charge in [0, 0.05) is 45.9 Å². The Morgan fingerprint density at radius 1 is 1.25 bits per heavy atom. The number of aliphatic imine (C=N–C) groups is 1. The summed E-state index contributed by atoms with van der Waals surface area (Å²) >= 11 is 0. The smallest absolute Gasteiger partial charge is 0.302 e. The van der Waals surface area contributed by atoms with Gasteiger partial charge in [-0.2, -0.15) is 0 Å². The van der Waals surface area contributed by atoms with Crippen LogP contribution in [0.1, 0.15) is 64.4 Å². The minimum absolute atomic E-state index is 0.0348. The Balaban J connectivity index is 1.57. The summed E-state index contributed by atoms with van der Waals surface area (Å²) in [6.07, 6.45) is 5.34. The molecule has 1 aliphatic carbocycles. The van der Waals surface area contributed by atoms with Gasteiger partial charge >= 0.3 is 5.97 Å². The number of carbonyl (C=O) groups excluding carboxylic acids is 1. The maximum Gasteiger partial charge on any atom is 0.302 e. The van der Waals surface area contributed by atoms with E-state index in [2.05, 4.69) is 27.9 Å². The number of esters is 1. The van der Waals surface area contributed by atoms with Crippen LogP contribution in [-0.4, -0.2) is 80.2 Å². The molecule has 0 spiro atoms. The molecule has 7 N–H and O–H groups in total.